The number of rotatable bonds is 6. The van der Waals surface area contributed by atoms with Crippen LogP contribution in [0.3, 0.4) is 0 Å². The van der Waals surface area contributed by atoms with E-state index in [1.54, 1.807) is 0 Å². The fraction of sp³-hybridized carbons (Fsp3) is 0.529. The molecule has 1 aromatic carbocycles. The summed E-state index contributed by atoms with van der Waals surface area (Å²) in [5.74, 6) is 0. The van der Waals surface area contributed by atoms with Gasteiger partial charge in [-0.25, -0.2) is 0 Å². The van der Waals surface area contributed by atoms with Crippen molar-refractivity contribution < 1.29 is 9.84 Å². The molecule has 0 radical (unpaired) electrons. The Morgan fingerprint density at radius 2 is 2.29 bits per heavy atom. The van der Waals surface area contributed by atoms with Gasteiger partial charge in [-0.05, 0) is 37.3 Å². The largest absolute Gasteiger partial charge is 0.396 e. The SMILES string of the molecule is C[C@@H](NC[C@@]1(CCO)CCOC1)c1cc2ccccc2s1. The van der Waals surface area contributed by atoms with Gasteiger partial charge in [0.05, 0.1) is 6.61 Å². The van der Waals surface area contributed by atoms with E-state index in [2.05, 4.69) is 42.6 Å². The van der Waals surface area contributed by atoms with Crippen molar-refractivity contribution in [3.63, 3.8) is 0 Å². The zero-order chi connectivity index (χ0) is 14.7. The van der Waals surface area contributed by atoms with Crippen LogP contribution < -0.4 is 5.32 Å². The molecule has 2 N–H and O–H groups in total. The Bertz CT molecular complexity index is 556. The summed E-state index contributed by atoms with van der Waals surface area (Å²) < 4.78 is 6.89. The smallest absolute Gasteiger partial charge is 0.0536 e. The monoisotopic (exact) mass is 305 g/mol. The van der Waals surface area contributed by atoms with Crippen LogP contribution in [0.15, 0.2) is 30.3 Å². The van der Waals surface area contributed by atoms with Crippen LogP contribution in [-0.2, 0) is 4.74 Å². The molecule has 3 rings (SSSR count). The Morgan fingerprint density at radius 3 is 3.00 bits per heavy atom. The molecule has 21 heavy (non-hydrogen) atoms. The van der Waals surface area contributed by atoms with Crippen molar-refractivity contribution in [2.75, 3.05) is 26.4 Å². The fourth-order valence-corrected chi connectivity index (χ4v) is 4.09. The van der Waals surface area contributed by atoms with Crippen LogP contribution in [0.5, 0.6) is 0 Å². The van der Waals surface area contributed by atoms with Gasteiger partial charge in [0, 0.05) is 40.8 Å². The number of thiophene rings is 1. The van der Waals surface area contributed by atoms with Gasteiger partial charge in [0.25, 0.3) is 0 Å². The average molecular weight is 305 g/mol. The van der Waals surface area contributed by atoms with Crippen molar-refractivity contribution in [2.24, 2.45) is 5.41 Å². The zero-order valence-corrected chi connectivity index (χ0v) is 13.3. The van der Waals surface area contributed by atoms with Crippen LogP contribution >= 0.6 is 11.3 Å². The van der Waals surface area contributed by atoms with Gasteiger partial charge in [-0.15, -0.1) is 11.3 Å². The number of nitrogens with one attached hydrogen (secondary N) is 1. The first kappa shape index (κ1) is 15.0. The number of ether oxygens (including phenoxy) is 1. The minimum atomic E-state index is 0.111. The van der Waals surface area contributed by atoms with Gasteiger partial charge in [-0.3, -0.25) is 0 Å². The first-order chi connectivity index (χ1) is 10.2. The van der Waals surface area contributed by atoms with Gasteiger partial charge in [0.1, 0.15) is 0 Å². The van der Waals surface area contributed by atoms with Crippen molar-refractivity contribution in [1.29, 1.82) is 0 Å². The molecule has 1 fully saturated rings. The molecule has 0 saturated carbocycles. The van der Waals surface area contributed by atoms with Crippen molar-refractivity contribution >= 4 is 21.4 Å². The summed E-state index contributed by atoms with van der Waals surface area (Å²) >= 11 is 1.86. The second-order valence-electron chi connectivity index (χ2n) is 6.07. The quantitative estimate of drug-likeness (QED) is 0.860. The summed E-state index contributed by atoms with van der Waals surface area (Å²) in [7, 11) is 0. The van der Waals surface area contributed by atoms with E-state index in [4.69, 9.17) is 4.74 Å². The van der Waals surface area contributed by atoms with Crippen LogP contribution in [0, 0.1) is 5.41 Å². The molecule has 0 aliphatic carbocycles. The van der Waals surface area contributed by atoms with Gasteiger partial charge in [-0.2, -0.15) is 0 Å². The second-order valence-corrected chi connectivity index (χ2v) is 7.18. The molecule has 1 aliphatic heterocycles. The van der Waals surface area contributed by atoms with Crippen molar-refractivity contribution in [3.05, 3.63) is 35.2 Å². The average Bonchev–Trinajstić information content (AvgIpc) is 3.12. The number of benzene rings is 1. The molecule has 1 aromatic heterocycles. The third-order valence-electron chi connectivity index (χ3n) is 4.48. The topological polar surface area (TPSA) is 41.5 Å². The highest BCUT2D eigenvalue weighted by Crippen LogP contribution is 2.34. The molecule has 2 aromatic rings. The summed E-state index contributed by atoms with van der Waals surface area (Å²) in [4.78, 5) is 1.37. The number of hydrogen-bond donors (Lipinski definition) is 2. The number of fused-ring (bicyclic) bond motifs is 1. The zero-order valence-electron chi connectivity index (χ0n) is 12.5. The molecule has 3 nitrogen and oxygen atoms in total. The van der Waals surface area contributed by atoms with Crippen molar-refractivity contribution in [1.82, 2.24) is 5.32 Å². The van der Waals surface area contributed by atoms with E-state index >= 15 is 0 Å². The summed E-state index contributed by atoms with van der Waals surface area (Å²) in [6, 6.07) is 11.1. The maximum absolute atomic E-state index is 9.29. The summed E-state index contributed by atoms with van der Waals surface area (Å²) in [5.41, 5.74) is 0.111. The lowest BCUT2D eigenvalue weighted by Crippen LogP contribution is -2.36. The maximum atomic E-state index is 9.29. The van der Waals surface area contributed by atoms with Crippen molar-refractivity contribution in [2.45, 2.75) is 25.8 Å². The Kier molecular flexibility index (Phi) is 4.60. The summed E-state index contributed by atoms with van der Waals surface area (Å²) in [6.45, 7) is 4.94. The van der Waals surface area contributed by atoms with Crippen LogP contribution in [0.2, 0.25) is 0 Å². The predicted molar refractivity (Wildman–Crippen MR) is 87.8 cm³/mol. The van der Waals surface area contributed by atoms with Gasteiger partial charge in [0.2, 0.25) is 0 Å². The molecule has 2 atom stereocenters. The molecule has 0 amide bonds. The third kappa shape index (κ3) is 3.29. The van der Waals surface area contributed by atoms with Gasteiger partial charge in [-0.1, -0.05) is 18.2 Å². The maximum Gasteiger partial charge on any atom is 0.0536 e. The molecule has 0 bridgehead atoms. The van der Waals surface area contributed by atoms with E-state index in [1.165, 1.54) is 15.0 Å². The standard InChI is InChI=1S/C17H23NO2S/c1-13(16-10-14-4-2-3-5-15(14)21-16)18-11-17(6-8-19)7-9-20-12-17/h2-5,10,13,18-19H,6-9,11-12H2,1H3/t13-,17-/m1/s1. The molecule has 114 valence electrons. The predicted octanol–water partition coefficient (Wildman–Crippen LogP) is 3.34. The van der Waals surface area contributed by atoms with Crippen LogP contribution in [0.4, 0.5) is 0 Å². The van der Waals surface area contributed by atoms with Crippen molar-refractivity contribution in [3.8, 4) is 0 Å². The van der Waals surface area contributed by atoms with E-state index in [0.717, 1.165) is 32.6 Å². The summed E-state index contributed by atoms with van der Waals surface area (Å²) in [6.07, 6.45) is 1.86. The summed E-state index contributed by atoms with van der Waals surface area (Å²) in [5, 5.41) is 14.3. The van der Waals surface area contributed by atoms with Crippen LogP contribution in [0.1, 0.15) is 30.7 Å². The number of hydrogen-bond acceptors (Lipinski definition) is 4. The molecule has 1 aliphatic rings. The molecule has 0 unspecified atom stereocenters. The fourth-order valence-electron chi connectivity index (χ4n) is 3.00. The lowest BCUT2D eigenvalue weighted by atomic mass is 9.84. The first-order valence-corrected chi connectivity index (χ1v) is 8.45. The minimum Gasteiger partial charge on any atom is -0.396 e. The highest BCUT2D eigenvalue weighted by atomic mass is 32.1. The Labute approximate surface area is 129 Å². The van der Waals surface area contributed by atoms with Crippen LogP contribution in [0.25, 0.3) is 10.1 Å². The van der Waals surface area contributed by atoms with Gasteiger partial charge < -0.3 is 15.2 Å². The van der Waals surface area contributed by atoms with E-state index in [-0.39, 0.29) is 12.0 Å². The van der Waals surface area contributed by atoms with E-state index in [9.17, 15) is 5.11 Å². The number of aliphatic hydroxyl groups is 1. The second kappa shape index (κ2) is 6.44. The third-order valence-corrected chi connectivity index (χ3v) is 5.78. The van der Waals surface area contributed by atoms with Gasteiger partial charge in [0.15, 0.2) is 0 Å². The van der Waals surface area contributed by atoms with Crippen LogP contribution in [-0.4, -0.2) is 31.5 Å². The van der Waals surface area contributed by atoms with Gasteiger partial charge >= 0.3 is 0 Å². The Hall–Kier alpha value is -0.940. The Balaban J connectivity index is 1.66. The number of aliphatic hydroxyl groups excluding tert-OH is 1. The lowest BCUT2D eigenvalue weighted by Gasteiger charge is -2.28. The molecule has 1 saturated heterocycles. The molecule has 2 heterocycles. The van der Waals surface area contributed by atoms with E-state index in [0.29, 0.717) is 6.04 Å². The highest BCUT2D eigenvalue weighted by Gasteiger charge is 2.34. The molecular formula is C17H23NO2S. The lowest BCUT2D eigenvalue weighted by molar-refractivity contribution is 0.122. The Morgan fingerprint density at radius 1 is 1.43 bits per heavy atom. The minimum absolute atomic E-state index is 0.111. The normalized spacial score (nSPS) is 23.7. The van der Waals surface area contributed by atoms with E-state index in [1.807, 2.05) is 11.3 Å². The molecule has 0 spiro atoms. The molecular weight excluding hydrogens is 282 g/mol. The highest BCUT2D eigenvalue weighted by molar-refractivity contribution is 7.19. The first-order valence-electron chi connectivity index (χ1n) is 7.63. The van der Waals surface area contributed by atoms with E-state index < -0.39 is 0 Å². The molecule has 4 heteroatoms.